The van der Waals surface area contributed by atoms with Crippen molar-refractivity contribution in [3.63, 3.8) is 0 Å². The molecule has 0 saturated heterocycles. The van der Waals surface area contributed by atoms with Gasteiger partial charge in [-0.25, -0.2) is 4.98 Å². The molecule has 0 aromatic carbocycles. The summed E-state index contributed by atoms with van der Waals surface area (Å²) < 4.78 is 5.53. The molecule has 2 aromatic rings. The van der Waals surface area contributed by atoms with Crippen LogP contribution in [0, 0.1) is 0 Å². The lowest BCUT2D eigenvalue weighted by molar-refractivity contribution is 0.524. The van der Waals surface area contributed by atoms with Gasteiger partial charge in [-0.1, -0.05) is 11.3 Å². The molecule has 0 aliphatic rings. The SMILES string of the molecule is CN=CNc1sc(N)nc1-c1ccc(CN)o1.Cl.Cl. The molecule has 6 nitrogen and oxygen atoms in total. The number of nitrogens with zero attached hydrogens (tertiary/aromatic N) is 2. The van der Waals surface area contributed by atoms with Gasteiger partial charge in [0, 0.05) is 7.05 Å². The highest BCUT2D eigenvalue weighted by Gasteiger charge is 2.14. The number of aromatic nitrogens is 1. The summed E-state index contributed by atoms with van der Waals surface area (Å²) in [6.07, 6.45) is 1.57. The lowest BCUT2D eigenvalue weighted by Gasteiger charge is -1.97. The van der Waals surface area contributed by atoms with E-state index in [2.05, 4.69) is 15.3 Å². The van der Waals surface area contributed by atoms with E-state index in [0.29, 0.717) is 28.9 Å². The molecule has 0 aliphatic carbocycles. The highest BCUT2D eigenvalue weighted by molar-refractivity contribution is 7.20. The number of thiazole rings is 1. The average molecular weight is 324 g/mol. The first kappa shape index (κ1) is 17.7. The molecule has 5 N–H and O–H groups in total. The Labute approximate surface area is 127 Å². The summed E-state index contributed by atoms with van der Waals surface area (Å²) in [6.45, 7) is 0.360. The van der Waals surface area contributed by atoms with Crippen molar-refractivity contribution in [2.45, 2.75) is 6.54 Å². The predicted octanol–water partition coefficient (Wildman–Crippen LogP) is 2.36. The van der Waals surface area contributed by atoms with Gasteiger partial charge in [-0.15, -0.1) is 24.8 Å². The van der Waals surface area contributed by atoms with Crippen molar-refractivity contribution in [2.75, 3.05) is 18.1 Å². The number of nitrogens with two attached hydrogens (primary N) is 2. The van der Waals surface area contributed by atoms with Crippen LogP contribution in [0.4, 0.5) is 10.1 Å². The number of aliphatic imine (C=N–C) groups is 1. The number of anilines is 2. The van der Waals surface area contributed by atoms with Gasteiger partial charge in [-0.05, 0) is 12.1 Å². The van der Waals surface area contributed by atoms with Crippen molar-refractivity contribution in [1.29, 1.82) is 0 Å². The Kier molecular flexibility index (Phi) is 7.47. The molecule has 19 heavy (non-hydrogen) atoms. The summed E-state index contributed by atoms with van der Waals surface area (Å²) in [7, 11) is 1.68. The fourth-order valence-corrected chi connectivity index (χ4v) is 2.04. The van der Waals surface area contributed by atoms with Crippen molar-refractivity contribution in [2.24, 2.45) is 10.7 Å². The van der Waals surface area contributed by atoms with Gasteiger partial charge in [-0.2, -0.15) is 0 Å². The van der Waals surface area contributed by atoms with Gasteiger partial charge in [0.25, 0.3) is 0 Å². The van der Waals surface area contributed by atoms with Crippen molar-refractivity contribution < 1.29 is 4.42 Å². The van der Waals surface area contributed by atoms with E-state index >= 15 is 0 Å². The van der Waals surface area contributed by atoms with Crippen LogP contribution >= 0.6 is 36.2 Å². The Hall–Kier alpha value is -1.28. The highest BCUT2D eigenvalue weighted by Crippen LogP contribution is 2.34. The minimum Gasteiger partial charge on any atom is -0.458 e. The Morgan fingerprint density at radius 3 is 2.79 bits per heavy atom. The number of rotatable bonds is 4. The fraction of sp³-hybridized carbons (Fsp3) is 0.200. The predicted molar refractivity (Wildman–Crippen MR) is 84.7 cm³/mol. The summed E-state index contributed by atoms with van der Waals surface area (Å²) in [5.74, 6) is 1.35. The van der Waals surface area contributed by atoms with Crippen molar-refractivity contribution in [3.05, 3.63) is 17.9 Å². The zero-order chi connectivity index (χ0) is 12.3. The summed E-state index contributed by atoms with van der Waals surface area (Å²) in [5, 5.41) is 4.27. The number of hydrogen-bond acceptors (Lipinski definition) is 6. The van der Waals surface area contributed by atoms with Crippen LogP contribution in [0.25, 0.3) is 11.5 Å². The van der Waals surface area contributed by atoms with Gasteiger partial charge in [0.05, 0.1) is 12.9 Å². The van der Waals surface area contributed by atoms with Crippen LogP contribution in [0.15, 0.2) is 21.5 Å². The molecule has 0 spiro atoms. The molecule has 2 aromatic heterocycles. The number of hydrogen-bond donors (Lipinski definition) is 3. The molecule has 2 heterocycles. The molecule has 0 unspecified atom stereocenters. The first-order chi connectivity index (χ1) is 8.24. The first-order valence-electron chi connectivity index (χ1n) is 4.97. The Bertz CT molecular complexity index is 540. The van der Waals surface area contributed by atoms with E-state index in [0.717, 1.165) is 5.00 Å². The maximum Gasteiger partial charge on any atom is 0.182 e. The lowest BCUT2D eigenvalue weighted by atomic mass is 10.3. The largest absolute Gasteiger partial charge is 0.458 e. The second-order valence-corrected chi connectivity index (χ2v) is 4.26. The molecule has 0 aliphatic heterocycles. The van der Waals surface area contributed by atoms with Gasteiger partial charge in [0.15, 0.2) is 10.9 Å². The van der Waals surface area contributed by atoms with Crippen LogP contribution in [-0.2, 0) is 6.54 Å². The second-order valence-electron chi connectivity index (χ2n) is 3.23. The normalized spacial score (nSPS) is 10.0. The third-order valence-corrected chi connectivity index (χ3v) is 2.88. The molecule has 0 bridgehead atoms. The second kappa shape index (κ2) is 8.00. The molecular formula is C10H15Cl2N5OS. The third kappa shape index (κ3) is 4.10. The number of halogens is 2. The number of furan rings is 1. The van der Waals surface area contributed by atoms with Gasteiger partial charge in [-0.3, -0.25) is 4.99 Å². The Morgan fingerprint density at radius 1 is 1.47 bits per heavy atom. The minimum absolute atomic E-state index is 0. The Balaban J connectivity index is 0.00000162. The average Bonchev–Trinajstić information content (AvgIpc) is 2.92. The van der Waals surface area contributed by atoms with E-state index in [-0.39, 0.29) is 24.8 Å². The van der Waals surface area contributed by atoms with Crippen molar-refractivity contribution >= 4 is 52.6 Å². The molecule has 0 fully saturated rings. The van der Waals surface area contributed by atoms with Crippen LogP contribution in [0.2, 0.25) is 0 Å². The summed E-state index contributed by atoms with van der Waals surface area (Å²) in [4.78, 5) is 8.07. The molecule has 0 amide bonds. The third-order valence-electron chi connectivity index (χ3n) is 2.06. The topological polar surface area (TPSA) is 102 Å². The molecular weight excluding hydrogens is 309 g/mol. The van der Waals surface area contributed by atoms with Crippen LogP contribution in [0.3, 0.4) is 0 Å². The zero-order valence-electron chi connectivity index (χ0n) is 10.1. The minimum atomic E-state index is 0. The maximum absolute atomic E-state index is 5.68. The highest BCUT2D eigenvalue weighted by atomic mass is 35.5. The lowest BCUT2D eigenvalue weighted by Crippen LogP contribution is -1.94. The number of nitrogens with one attached hydrogen (secondary N) is 1. The van der Waals surface area contributed by atoms with Crippen molar-refractivity contribution in [3.8, 4) is 11.5 Å². The summed E-state index contributed by atoms with van der Waals surface area (Å²) >= 11 is 1.34. The Morgan fingerprint density at radius 2 is 2.21 bits per heavy atom. The molecule has 9 heteroatoms. The quantitative estimate of drug-likeness (QED) is 0.592. The summed E-state index contributed by atoms with van der Waals surface area (Å²) in [5.41, 5.74) is 11.8. The molecule has 0 saturated carbocycles. The van der Waals surface area contributed by atoms with E-state index in [1.807, 2.05) is 12.1 Å². The number of nitrogen functional groups attached to an aromatic ring is 1. The van der Waals surface area contributed by atoms with Crippen LogP contribution in [0.5, 0.6) is 0 Å². The van der Waals surface area contributed by atoms with Crippen LogP contribution in [-0.4, -0.2) is 18.4 Å². The smallest absolute Gasteiger partial charge is 0.182 e. The molecule has 2 rings (SSSR count). The first-order valence-corrected chi connectivity index (χ1v) is 5.79. The van der Waals surface area contributed by atoms with E-state index in [1.165, 1.54) is 11.3 Å². The van der Waals surface area contributed by atoms with E-state index in [9.17, 15) is 0 Å². The van der Waals surface area contributed by atoms with Crippen molar-refractivity contribution in [1.82, 2.24) is 4.98 Å². The maximum atomic E-state index is 5.68. The standard InChI is InChI=1S/C10H13N5OS.2ClH/c1-13-5-14-9-8(15-10(12)17-9)7-3-2-6(4-11)16-7;;/h2-3,5H,4,11H2,1H3,(H2,12,15)(H,13,14);2*1H. The molecule has 0 radical (unpaired) electrons. The zero-order valence-corrected chi connectivity index (χ0v) is 12.6. The van der Waals surface area contributed by atoms with Gasteiger partial charge in [0.1, 0.15) is 16.5 Å². The molecule has 106 valence electrons. The fourth-order valence-electron chi connectivity index (χ4n) is 1.34. The molecule has 0 atom stereocenters. The van der Waals surface area contributed by atoms with Crippen LogP contribution < -0.4 is 16.8 Å². The summed E-state index contributed by atoms with van der Waals surface area (Å²) in [6, 6.07) is 3.65. The van der Waals surface area contributed by atoms with Gasteiger partial charge in [0.2, 0.25) is 0 Å². The van der Waals surface area contributed by atoms with E-state index in [4.69, 9.17) is 15.9 Å². The van der Waals surface area contributed by atoms with Gasteiger partial charge >= 0.3 is 0 Å². The van der Waals surface area contributed by atoms with Crippen LogP contribution in [0.1, 0.15) is 5.76 Å². The van der Waals surface area contributed by atoms with E-state index < -0.39 is 0 Å². The monoisotopic (exact) mass is 323 g/mol. The van der Waals surface area contributed by atoms with E-state index in [1.54, 1.807) is 13.4 Å². The van der Waals surface area contributed by atoms with Gasteiger partial charge < -0.3 is 21.2 Å².